The summed E-state index contributed by atoms with van der Waals surface area (Å²) in [6, 6.07) is 43.4. The number of amides is 5. The first-order valence-corrected chi connectivity index (χ1v) is 45.1. The normalized spacial score (nSPS) is 31.3. The van der Waals surface area contributed by atoms with Gasteiger partial charge < -0.3 is 62.3 Å². The summed E-state index contributed by atoms with van der Waals surface area (Å²) in [4.78, 5) is 96.5. The Kier molecular flexibility index (Phi) is 29.2. The van der Waals surface area contributed by atoms with E-state index in [9.17, 15) is 64.5 Å². The fraction of sp³-hybridized carbons (Fsp3) is 0.576. The zero-order chi connectivity index (χ0) is 88.4. The summed E-state index contributed by atoms with van der Waals surface area (Å²) in [6.07, 6.45) is 3.68. The molecule has 6 aromatic carbocycles. The van der Waals surface area contributed by atoms with Crippen LogP contribution < -0.4 is 26.6 Å². The van der Waals surface area contributed by atoms with E-state index in [4.69, 9.17) is 14.5 Å². The molecule has 666 valence electrons. The zero-order valence-electron chi connectivity index (χ0n) is 74.2. The molecule has 24 atom stereocenters. The van der Waals surface area contributed by atoms with Crippen LogP contribution in [0.25, 0.3) is 33.4 Å². The van der Waals surface area contributed by atoms with Crippen molar-refractivity contribution >= 4 is 35.5 Å². The maximum Gasteiger partial charge on any atom is 0.335 e. The third kappa shape index (κ3) is 19.5. The van der Waals surface area contributed by atoms with Gasteiger partial charge in [0.05, 0.1) is 63.3 Å². The van der Waals surface area contributed by atoms with E-state index in [1.54, 1.807) is 54.2 Å². The smallest absolute Gasteiger partial charge is 0.335 e. The number of aromatic carboxylic acids is 1. The van der Waals surface area contributed by atoms with Gasteiger partial charge >= 0.3 is 5.97 Å². The Hall–Kier alpha value is -8.34. The third-order valence-corrected chi connectivity index (χ3v) is 30.4. The molecular weight excluding hydrogens is 1560 g/mol. The number of carboxylic acids is 1. The summed E-state index contributed by atoms with van der Waals surface area (Å²) in [5, 5.41) is 92.4. The number of benzene rings is 6. The molecule has 3 aliphatic heterocycles. The quantitative estimate of drug-likeness (QED) is 0.0217. The maximum absolute atomic E-state index is 13.9. The van der Waals surface area contributed by atoms with Crippen molar-refractivity contribution in [1.29, 1.82) is 0 Å². The number of hydrogen-bond donors (Lipinski definition) is 12. The molecule has 3 saturated heterocycles. The van der Waals surface area contributed by atoms with Crippen LogP contribution in [0.3, 0.4) is 0 Å². The van der Waals surface area contributed by atoms with Gasteiger partial charge in [0.2, 0.25) is 17.7 Å². The predicted octanol–water partition coefficient (Wildman–Crippen LogP) is 12.0. The highest BCUT2D eigenvalue weighted by Crippen LogP contribution is 2.64. The van der Waals surface area contributed by atoms with Crippen LogP contribution in [0, 0.1) is 87.3 Å². The predicted molar refractivity (Wildman–Crippen MR) is 470 cm³/mol. The van der Waals surface area contributed by atoms with Crippen molar-refractivity contribution in [3.8, 4) is 33.4 Å². The molecule has 12 aliphatic rings. The molecule has 0 unspecified atom stereocenters. The number of aliphatic hydroxyl groups excluding tert-OH is 6. The van der Waals surface area contributed by atoms with Gasteiger partial charge in [0, 0.05) is 60.1 Å². The van der Waals surface area contributed by atoms with Crippen LogP contribution >= 0.6 is 0 Å². The number of nitrogens with zero attached hydrogens (tertiary/aromatic N) is 3. The minimum atomic E-state index is -0.986. The van der Waals surface area contributed by atoms with Crippen LogP contribution in [0.5, 0.6) is 0 Å². The lowest BCUT2D eigenvalue weighted by molar-refractivity contribution is -0.183. The first kappa shape index (κ1) is 92.3. The van der Waals surface area contributed by atoms with Crippen LogP contribution in [0.1, 0.15) is 196 Å². The van der Waals surface area contributed by atoms with E-state index >= 15 is 0 Å². The number of carboxylic acid groups (broad SMARTS) is 1. The number of carbonyl (C=O) groups is 6. The number of rotatable bonds is 28. The Morgan fingerprint density at radius 2 is 0.659 bits per heavy atom. The van der Waals surface area contributed by atoms with Crippen LogP contribution in [0.4, 0.5) is 0 Å². The number of carbonyl (C=O) groups excluding carboxylic acids is 5. The Labute approximate surface area is 725 Å². The van der Waals surface area contributed by atoms with Crippen molar-refractivity contribution in [1.82, 2.24) is 41.8 Å². The van der Waals surface area contributed by atoms with Crippen molar-refractivity contribution in [3.05, 3.63) is 179 Å². The number of hydroxylamine groups is 6. The van der Waals surface area contributed by atoms with Gasteiger partial charge in [-0.1, -0.05) is 167 Å². The van der Waals surface area contributed by atoms with Gasteiger partial charge in [0.15, 0.2) is 0 Å². The van der Waals surface area contributed by atoms with Crippen molar-refractivity contribution in [3.63, 3.8) is 0 Å². The summed E-state index contributed by atoms with van der Waals surface area (Å²) in [5.74, 6) is 1.29. The second kappa shape index (κ2) is 38.9. The SMILES string of the molecule is CCCNC(=O)c1cccc(-c2cccc(CN3O[C@@H](CO)[C@@H]([C@H](C)O)[C@H]3C(=O)N[C@H]3C[C@H]4C[C@@H]([C@@H]3C)C4(C)C)c2)c1.CCCNC(=O)c1cccc(-c2cccc(CN3O[C@@H](CO)[C@@H]([C@H](C)O)[C@H]3C(=O)N[C@H]3C[C@H]4C[C@@H]([C@@H]3C)C4(C)C)c2)c1.C[C@@H]1[C@@H](NC(=O)[C@@H]2[C@H]([C@H](C)O)[C@H](CO)ON2Cc2cccc(-c3cccc(C(=O)O)c3)c2)C[C@H]2C[C@@H]1C2(C)C. The van der Waals surface area contributed by atoms with Gasteiger partial charge in [0.1, 0.15) is 36.4 Å². The van der Waals surface area contributed by atoms with E-state index in [1.165, 1.54) is 19.3 Å². The first-order valence-electron chi connectivity index (χ1n) is 45.1. The molecule has 18 rings (SSSR count). The van der Waals surface area contributed by atoms with Gasteiger partial charge in [-0.15, -0.1) is 0 Å². The monoisotopic (exact) mass is 1690 g/mol. The minimum absolute atomic E-state index is 0.0730. The fourth-order valence-electron chi connectivity index (χ4n) is 22.7. The highest BCUT2D eigenvalue weighted by Gasteiger charge is 2.61. The highest BCUT2D eigenvalue weighted by molar-refractivity contribution is 5.96. The summed E-state index contributed by atoms with van der Waals surface area (Å²) in [7, 11) is 0. The summed E-state index contributed by atoms with van der Waals surface area (Å²) < 4.78 is 0. The molecule has 24 nitrogen and oxygen atoms in total. The van der Waals surface area contributed by atoms with Crippen LogP contribution in [0.2, 0.25) is 0 Å². The molecule has 123 heavy (non-hydrogen) atoms. The van der Waals surface area contributed by atoms with Crippen molar-refractivity contribution in [2.45, 2.75) is 241 Å². The molecule has 12 fully saturated rings. The molecule has 12 N–H and O–H groups in total. The molecule has 6 bridgehead atoms. The number of nitrogens with one attached hydrogen (secondary N) is 5. The van der Waals surface area contributed by atoms with Gasteiger partial charge in [0.25, 0.3) is 11.8 Å². The average Bonchev–Trinajstić information content (AvgIpc) is 1.17. The van der Waals surface area contributed by atoms with E-state index in [1.807, 2.05) is 141 Å². The Balaban J connectivity index is 0.000000159. The number of aliphatic hydroxyl groups is 6. The Morgan fingerprint density at radius 3 is 0.902 bits per heavy atom. The van der Waals surface area contributed by atoms with Gasteiger partial charge in [-0.25, -0.2) is 4.79 Å². The molecule has 3 heterocycles. The molecule has 5 amide bonds. The minimum Gasteiger partial charge on any atom is -0.478 e. The van der Waals surface area contributed by atoms with E-state index in [0.29, 0.717) is 107 Å². The lowest BCUT2D eigenvalue weighted by atomic mass is 9.45. The lowest BCUT2D eigenvalue weighted by Crippen LogP contribution is -2.62. The summed E-state index contributed by atoms with van der Waals surface area (Å²) in [5.41, 5.74) is 10.4. The van der Waals surface area contributed by atoms with Crippen molar-refractivity contribution in [2.24, 2.45) is 87.3 Å². The Morgan fingerprint density at radius 1 is 0.398 bits per heavy atom. The van der Waals surface area contributed by atoms with Gasteiger partial charge in [-0.05, 0) is 246 Å². The highest BCUT2D eigenvalue weighted by atomic mass is 16.7. The maximum atomic E-state index is 13.9. The van der Waals surface area contributed by atoms with E-state index in [-0.39, 0.29) is 79.6 Å². The molecule has 24 heteroatoms. The van der Waals surface area contributed by atoms with E-state index in [0.717, 1.165) is 82.2 Å². The molecule has 0 radical (unpaired) electrons. The van der Waals surface area contributed by atoms with Crippen LogP contribution in [-0.4, -0.2) is 192 Å². The first-order chi connectivity index (χ1) is 58.6. The van der Waals surface area contributed by atoms with Crippen molar-refractivity contribution < 1.29 is 79.0 Å². The van der Waals surface area contributed by atoms with E-state index < -0.39 is 78.5 Å². The topological polar surface area (TPSA) is 342 Å². The largest absolute Gasteiger partial charge is 0.478 e. The van der Waals surface area contributed by atoms with Gasteiger partial charge in [-0.2, -0.15) is 15.2 Å². The Bertz CT molecular complexity index is 4510. The average molecular weight is 1690 g/mol. The molecule has 0 aromatic heterocycles. The third-order valence-electron chi connectivity index (χ3n) is 30.4. The molecule has 9 aliphatic carbocycles. The number of hydrogen-bond acceptors (Lipinski definition) is 18. The van der Waals surface area contributed by atoms with Crippen LogP contribution in [0.15, 0.2) is 146 Å². The molecular formula is C99H134N8O16. The second-order valence-electron chi connectivity index (χ2n) is 38.9. The lowest BCUT2D eigenvalue weighted by Gasteiger charge is -2.62. The van der Waals surface area contributed by atoms with Crippen molar-refractivity contribution in [2.75, 3.05) is 32.9 Å². The fourth-order valence-corrected chi connectivity index (χ4v) is 22.7. The standard InChI is InChI=1S/2C34H47N3O5.C31H40N2O6/c2*1-6-13-35-32(40)25-12-8-11-24(15-25)23-10-7-9-22(14-23)18-37-31(30(21(3)39)29(19-38)42-37)33(41)36-28-17-26-16-27(20(28)2)34(26,4)5;1-17-24-13-23(31(24,3)4)14-25(17)32-29(36)28-27(18(2)35)26(16-34)39-33(28)15-19-7-5-8-20(11-19)21-9-6-10-22(12-21)30(37)38/h2*7-12,14-15,20-21,26-31,38-39H,6,13,16-19H2,1-5H3,(H,35,40)(H,36,41);5-12,17-18,23-28,34-35H,13-16H2,1-4H3,(H,32,36)(H,37,38)/t2*20-,21-,26+,27-,28-,29-,30+,31-;17-,18-,23+,24-,25-,26-,27+,28-/m000/s1. The van der Waals surface area contributed by atoms with Gasteiger partial charge in [-0.3, -0.25) is 38.5 Å². The molecule has 9 saturated carbocycles. The molecule has 0 spiro atoms. The number of fused-ring (bicyclic) bond motifs is 6. The summed E-state index contributed by atoms with van der Waals surface area (Å²) >= 11 is 0. The van der Waals surface area contributed by atoms with Crippen LogP contribution in [-0.2, 0) is 48.5 Å². The zero-order valence-corrected chi connectivity index (χ0v) is 74.2. The van der Waals surface area contributed by atoms with E-state index in [2.05, 4.69) is 88.9 Å². The molecule has 6 aromatic rings. The summed E-state index contributed by atoms with van der Waals surface area (Å²) in [6.45, 7) is 31.0. The second-order valence-corrected chi connectivity index (χ2v) is 38.9.